The van der Waals surface area contributed by atoms with Crippen LogP contribution in [0.3, 0.4) is 0 Å². The Balaban J connectivity index is 0.988. The molecule has 0 radical (unpaired) electrons. The van der Waals surface area contributed by atoms with Gasteiger partial charge < -0.3 is 8.98 Å². The van der Waals surface area contributed by atoms with Crippen LogP contribution in [-0.4, -0.2) is 14.5 Å². The third-order valence-corrected chi connectivity index (χ3v) is 10.8. The van der Waals surface area contributed by atoms with Crippen LogP contribution in [0, 0.1) is 0 Å². The maximum absolute atomic E-state index is 6.24. The van der Waals surface area contributed by atoms with E-state index < -0.39 is 0 Å². The summed E-state index contributed by atoms with van der Waals surface area (Å²) in [4.78, 5) is 10.1. The smallest absolute Gasteiger partial charge is 0.160 e. The molecule has 3 heterocycles. The van der Waals surface area contributed by atoms with E-state index in [1.54, 1.807) is 0 Å². The Morgan fingerprint density at radius 3 is 1.71 bits per heavy atom. The van der Waals surface area contributed by atoms with Gasteiger partial charge in [-0.3, -0.25) is 0 Å². The molecule has 0 aliphatic carbocycles. The van der Waals surface area contributed by atoms with Gasteiger partial charge in [-0.1, -0.05) is 152 Å². The van der Waals surface area contributed by atoms with Crippen molar-refractivity contribution in [2.75, 3.05) is 0 Å². The first-order valence-corrected chi connectivity index (χ1v) is 18.9. The summed E-state index contributed by atoms with van der Waals surface area (Å²) in [6.45, 7) is 0. The Morgan fingerprint density at radius 1 is 0.357 bits per heavy atom. The predicted octanol–water partition coefficient (Wildman–Crippen LogP) is 13.8. The zero-order chi connectivity index (χ0) is 37.0. The van der Waals surface area contributed by atoms with Crippen molar-refractivity contribution < 1.29 is 4.42 Å². The maximum Gasteiger partial charge on any atom is 0.160 e. The minimum absolute atomic E-state index is 0.703. The summed E-state index contributed by atoms with van der Waals surface area (Å²) in [6.07, 6.45) is 0. The molecule has 0 unspecified atom stereocenters. The van der Waals surface area contributed by atoms with E-state index in [2.05, 4.69) is 156 Å². The van der Waals surface area contributed by atoms with Gasteiger partial charge in [0.05, 0.1) is 22.4 Å². The summed E-state index contributed by atoms with van der Waals surface area (Å²) in [6, 6.07) is 70.3. The summed E-state index contributed by atoms with van der Waals surface area (Å²) < 4.78 is 8.63. The molecule has 0 aliphatic rings. The molecule has 262 valence electrons. The number of nitrogens with zero attached hydrogens (tertiary/aromatic N) is 3. The van der Waals surface area contributed by atoms with E-state index in [0.29, 0.717) is 5.82 Å². The number of fused-ring (bicyclic) bond motifs is 6. The highest BCUT2D eigenvalue weighted by atomic mass is 16.3. The number of rotatable bonds is 6. The molecule has 0 saturated carbocycles. The normalized spacial score (nSPS) is 11.6. The summed E-state index contributed by atoms with van der Waals surface area (Å²) in [5, 5.41) is 4.70. The lowest BCUT2D eigenvalue weighted by Gasteiger charge is -2.12. The molecule has 4 heteroatoms. The molecule has 0 fully saturated rings. The van der Waals surface area contributed by atoms with Crippen molar-refractivity contribution in [2.45, 2.75) is 0 Å². The highest BCUT2D eigenvalue weighted by molar-refractivity contribution is 6.13. The van der Waals surface area contributed by atoms with Crippen molar-refractivity contribution in [3.8, 4) is 61.8 Å². The first-order chi connectivity index (χ1) is 27.7. The van der Waals surface area contributed by atoms with Gasteiger partial charge in [-0.25, -0.2) is 9.97 Å². The van der Waals surface area contributed by atoms with Crippen molar-refractivity contribution in [3.05, 3.63) is 200 Å². The van der Waals surface area contributed by atoms with Crippen LogP contribution < -0.4 is 0 Å². The minimum Gasteiger partial charge on any atom is -0.456 e. The summed E-state index contributed by atoms with van der Waals surface area (Å²) in [5.41, 5.74) is 14.8. The van der Waals surface area contributed by atoms with Crippen LogP contribution in [0.1, 0.15) is 0 Å². The van der Waals surface area contributed by atoms with Crippen molar-refractivity contribution in [1.82, 2.24) is 14.5 Å². The van der Waals surface area contributed by atoms with Gasteiger partial charge in [-0.2, -0.15) is 0 Å². The van der Waals surface area contributed by atoms with E-state index in [0.717, 1.165) is 83.5 Å². The molecule has 11 rings (SSSR count). The van der Waals surface area contributed by atoms with E-state index >= 15 is 0 Å². The third-order valence-electron chi connectivity index (χ3n) is 10.8. The fraction of sp³-hybridized carbons (Fsp3) is 0. The molecule has 0 saturated heterocycles. The van der Waals surface area contributed by atoms with E-state index in [9.17, 15) is 0 Å². The van der Waals surface area contributed by atoms with Crippen molar-refractivity contribution >= 4 is 43.7 Å². The fourth-order valence-electron chi connectivity index (χ4n) is 8.16. The molecule has 4 nitrogen and oxygen atoms in total. The molecular weight excluding hydrogens is 683 g/mol. The zero-order valence-corrected chi connectivity index (χ0v) is 30.3. The van der Waals surface area contributed by atoms with Gasteiger partial charge in [-0.15, -0.1) is 0 Å². The fourth-order valence-corrected chi connectivity index (χ4v) is 8.16. The summed E-state index contributed by atoms with van der Waals surface area (Å²) in [7, 11) is 0. The van der Waals surface area contributed by atoms with Crippen LogP contribution in [0.5, 0.6) is 0 Å². The lowest BCUT2D eigenvalue weighted by Crippen LogP contribution is -1.96. The second-order valence-electron chi connectivity index (χ2n) is 14.2. The van der Waals surface area contributed by atoms with Gasteiger partial charge in [-0.05, 0) is 70.8 Å². The number of benzene rings is 8. The largest absolute Gasteiger partial charge is 0.456 e. The van der Waals surface area contributed by atoms with Gasteiger partial charge in [0.2, 0.25) is 0 Å². The molecule has 0 amide bonds. The monoisotopic (exact) mass is 715 g/mol. The Morgan fingerprint density at radius 2 is 0.946 bits per heavy atom. The molecule has 11 aromatic rings. The third kappa shape index (κ3) is 5.39. The Bertz CT molecular complexity index is 3170. The highest BCUT2D eigenvalue weighted by Crippen LogP contribution is 2.39. The van der Waals surface area contributed by atoms with E-state index in [-0.39, 0.29) is 0 Å². The average molecular weight is 716 g/mol. The van der Waals surface area contributed by atoms with Gasteiger partial charge >= 0.3 is 0 Å². The van der Waals surface area contributed by atoms with Crippen LogP contribution >= 0.6 is 0 Å². The lowest BCUT2D eigenvalue weighted by atomic mass is 9.99. The van der Waals surface area contributed by atoms with E-state index in [4.69, 9.17) is 14.4 Å². The van der Waals surface area contributed by atoms with Gasteiger partial charge in [0, 0.05) is 43.9 Å². The first-order valence-electron chi connectivity index (χ1n) is 18.9. The van der Waals surface area contributed by atoms with Crippen molar-refractivity contribution in [1.29, 1.82) is 0 Å². The molecule has 0 bridgehead atoms. The number of para-hydroxylation sites is 2. The van der Waals surface area contributed by atoms with Crippen LogP contribution in [0.2, 0.25) is 0 Å². The highest BCUT2D eigenvalue weighted by Gasteiger charge is 2.17. The van der Waals surface area contributed by atoms with Crippen LogP contribution in [0.4, 0.5) is 0 Å². The quantitative estimate of drug-likeness (QED) is 0.172. The number of hydrogen-bond acceptors (Lipinski definition) is 3. The molecular formula is C52H33N3O. The average Bonchev–Trinajstić information content (AvgIpc) is 3.83. The van der Waals surface area contributed by atoms with Gasteiger partial charge in [0.25, 0.3) is 0 Å². The topological polar surface area (TPSA) is 43.9 Å². The van der Waals surface area contributed by atoms with Crippen LogP contribution in [0.15, 0.2) is 205 Å². The number of furan rings is 1. The second-order valence-corrected chi connectivity index (χ2v) is 14.2. The molecule has 8 aromatic carbocycles. The number of aromatic nitrogens is 3. The molecule has 0 spiro atoms. The lowest BCUT2D eigenvalue weighted by molar-refractivity contribution is 0.669. The standard InChI is InChI=1S/C52H33N3O/c1-3-13-35(14-4-1)45-33-46(36-15-5-2-6-16-36)54-52(53-45)37-27-25-34(26-28-37)38-29-30-48-44(32-38)42-19-7-9-22-47(42)55(48)40-18-11-17-39(31-40)41-21-12-24-50-51(41)43-20-8-10-23-49(43)56-50/h1-33H. The predicted molar refractivity (Wildman–Crippen MR) is 231 cm³/mol. The Kier molecular flexibility index (Phi) is 7.46. The molecule has 0 atom stereocenters. The van der Waals surface area contributed by atoms with Gasteiger partial charge in [0.15, 0.2) is 5.82 Å². The molecule has 3 aromatic heterocycles. The van der Waals surface area contributed by atoms with Crippen molar-refractivity contribution in [2.24, 2.45) is 0 Å². The maximum atomic E-state index is 6.24. The molecule has 56 heavy (non-hydrogen) atoms. The zero-order valence-electron chi connectivity index (χ0n) is 30.3. The van der Waals surface area contributed by atoms with Gasteiger partial charge in [0.1, 0.15) is 11.2 Å². The first kappa shape index (κ1) is 31.9. The summed E-state index contributed by atoms with van der Waals surface area (Å²) >= 11 is 0. The minimum atomic E-state index is 0.703. The molecule has 0 aliphatic heterocycles. The number of hydrogen-bond donors (Lipinski definition) is 0. The Labute approximate surface area is 323 Å². The van der Waals surface area contributed by atoms with E-state index in [1.807, 2.05) is 48.5 Å². The Hall–Kier alpha value is -7.56. The van der Waals surface area contributed by atoms with Crippen LogP contribution in [-0.2, 0) is 0 Å². The van der Waals surface area contributed by atoms with E-state index in [1.165, 1.54) is 16.3 Å². The molecule has 0 N–H and O–H groups in total. The summed E-state index contributed by atoms with van der Waals surface area (Å²) in [5.74, 6) is 0.703. The van der Waals surface area contributed by atoms with Crippen molar-refractivity contribution in [3.63, 3.8) is 0 Å². The van der Waals surface area contributed by atoms with Crippen LogP contribution in [0.25, 0.3) is 106 Å². The SMILES string of the molecule is c1ccc(-c2cc(-c3ccccc3)nc(-c3ccc(-c4ccc5c(c4)c4ccccc4n5-c4cccc(-c5cccc6oc7ccccc7c56)c4)cc3)n2)cc1. The second kappa shape index (κ2) is 13.1.